The number of anilines is 1. The number of nitrogens with zero attached hydrogens (tertiary/aromatic N) is 4. The van der Waals surface area contributed by atoms with E-state index in [1.807, 2.05) is 18.2 Å². The predicted molar refractivity (Wildman–Crippen MR) is 86.1 cm³/mol. The van der Waals surface area contributed by atoms with Crippen LogP contribution in [0.1, 0.15) is 30.7 Å². The zero-order valence-corrected chi connectivity index (χ0v) is 13.2. The molecule has 1 N–H and O–H groups in total. The van der Waals surface area contributed by atoms with E-state index in [2.05, 4.69) is 37.6 Å². The Hall–Kier alpha value is -2.90. The normalized spacial score (nSPS) is 15.3. The molecular weight excluding hydrogens is 328 g/mol. The highest BCUT2D eigenvalue weighted by Crippen LogP contribution is 2.47. The van der Waals surface area contributed by atoms with Crippen molar-refractivity contribution in [3.8, 4) is 11.5 Å². The lowest BCUT2D eigenvalue weighted by atomic mass is 9.96. The molecule has 6 nitrogen and oxygen atoms in total. The Kier molecular flexibility index (Phi) is 3.87. The van der Waals surface area contributed by atoms with Gasteiger partial charge in [-0.1, -0.05) is 30.3 Å². The first-order valence-electron chi connectivity index (χ1n) is 7.90. The van der Waals surface area contributed by atoms with Crippen molar-refractivity contribution in [2.45, 2.75) is 24.7 Å². The fraction of sp³-hybridized carbons (Fsp3) is 0.294. The minimum atomic E-state index is -2.80. The van der Waals surface area contributed by atoms with Crippen LogP contribution in [0, 0.1) is 0 Å². The SMILES string of the molecule is FC(F)c1nnc(-c2cnc(NCC3(c4ccccc4)CC3)nc2)o1. The monoisotopic (exact) mass is 343 g/mol. The average molecular weight is 343 g/mol. The summed E-state index contributed by atoms with van der Waals surface area (Å²) in [6.45, 7) is 0.743. The number of alkyl halides is 2. The molecule has 8 heteroatoms. The van der Waals surface area contributed by atoms with Crippen molar-refractivity contribution in [3.63, 3.8) is 0 Å². The van der Waals surface area contributed by atoms with E-state index in [0.29, 0.717) is 11.5 Å². The second-order valence-corrected chi connectivity index (χ2v) is 6.04. The summed E-state index contributed by atoms with van der Waals surface area (Å²) >= 11 is 0. The average Bonchev–Trinajstić information content (AvgIpc) is 3.28. The van der Waals surface area contributed by atoms with E-state index in [1.54, 1.807) is 0 Å². The van der Waals surface area contributed by atoms with Crippen LogP contribution in [-0.4, -0.2) is 26.7 Å². The number of aromatic nitrogens is 4. The van der Waals surface area contributed by atoms with E-state index in [1.165, 1.54) is 18.0 Å². The Balaban J connectivity index is 1.42. The van der Waals surface area contributed by atoms with E-state index in [0.717, 1.165) is 19.4 Å². The summed E-state index contributed by atoms with van der Waals surface area (Å²) in [5.41, 5.74) is 1.85. The summed E-state index contributed by atoms with van der Waals surface area (Å²) in [6, 6.07) is 10.4. The van der Waals surface area contributed by atoms with Gasteiger partial charge in [0.2, 0.25) is 5.95 Å². The van der Waals surface area contributed by atoms with Gasteiger partial charge < -0.3 is 9.73 Å². The second kappa shape index (κ2) is 6.19. The van der Waals surface area contributed by atoms with Crippen LogP contribution in [0.3, 0.4) is 0 Å². The Morgan fingerprint density at radius 3 is 2.40 bits per heavy atom. The van der Waals surface area contributed by atoms with Gasteiger partial charge in [0.1, 0.15) is 0 Å². The zero-order chi connectivity index (χ0) is 17.3. The molecule has 1 aliphatic rings. The number of hydrogen-bond acceptors (Lipinski definition) is 6. The van der Waals surface area contributed by atoms with Gasteiger partial charge in [0.05, 0.1) is 5.56 Å². The maximum absolute atomic E-state index is 12.5. The molecule has 1 fully saturated rings. The van der Waals surface area contributed by atoms with Crippen LogP contribution in [-0.2, 0) is 5.41 Å². The summed E-state index contributed by atoms with van der Waals surface area (Å²) in [6.07, 6.45) is 2.40. The highest BCUT2D eigenvalue weighted by Gasteiger charge is 2.43. The first kappa shape index (κ1) is 15.6. The largest absolute Gasteiger partial charge is 0.415 e. The van der Waals surface area contributed by atoms with Crippen LogP contribution < -0.4 is 5.32 Å². The summed E-state index contributed by atoms with van der Waals surface area (Å²) in [5.74, 6) is -0.264. The third kappa shape index (κ3) is 3.19. The number of nitrogens with one attached hydrogen (secondary N) is 1. The molecule has 0 bridgehead atoms. The molecule has 0 radical (unpaired) electrons. The first-order valence-corrected chi connectivity index (χ1v) is 7.90. The zero-order valence-electron chi connectivity index (χ0n) is 13.2. The predicted octanol–water partition coefficient (Wildman–Crippen LogP) is 3.61. The third-order valence-corrected chi connectivity index (χ3v) is 4.35. The third-order valence-electron chi connectivity index (χ3n) is 4.35. The molecule has 0 amide bonds. The minimum absolute atomic E-state index is 0.0233. The Morgan fingerprint density at radius 1 is 1.08 bits per heavy atom. The fourth-order valence-corrected chi connectivity index (χ4v) is 2.73. The van der Waals surface area contributed by atoms with Crippen molar-refractivity contribution in [2.24, 2.45) is 0 Å². The minimum Gasteiger partial charge on any atom is -0.415 e. The Labute approximate surface area is 142 Å². The van der Waals surface area contributed by atoms with E-state index < -0.39 is 12.3 Å². The van der Waals surface area contributed by atoms with E-state index in [-0.39, 0.29) is 11.3 Å². The van der Waals surface area contributed by atoms with Crippen LogP contribution in [0.5, 0.6) is 0 Å². The van der Waals surface area contributed by atoms with Crippen LogP contribution in [0.15, 0.2) is 47.1 Å². The van der Waals surface area contributed by atoms with Crippen LogP contribution in [0.25, 0.3) is 11.5 Å². The van der Waals surface area contributed by atoms with Crippen LogP contribution in [0.4, 0.5) is 14.7 Å². The summed E-state index contributed by atoms with van der Waals surface area (Å²) in [4.78, 5) is 8.39. The number of rotatable bonds is 6. The smallest absolute Gasteiger partial charge is 0.314 e. The van der Waals surface area contributed by atoms with Gasteiger partial charge in [0.25, 0.3) is 11.8 Å². The second-order valence-electron chi connectivity index (χ2n) is 6.04. The number of benzene rings is 1. The maximum Gasteiger partial charge on any atom is 0.314 e. The molecule has 1 saturated carbocycles. The number of halogens is 2. The molecule has 0 unspecified atom stereocenters. The lowest BCUT2D eigenvalue weighted by Gasteiger charge is -2.16. The van der Waals surface area contributed by atoms with Gasteiger partial charge in [-0.25, -0.2) is 9.97 Å². The summed E-state index contributed by atoms with van der Waals surface area (Å²) in [5, 5.41) is 10.1. The van der Waals surface area contributed by atoms with E-state index in [4.69, 9.17) is 4.42 Å². The van der Waals surface area contributed by atoms with E-state index >= 15 is 0 Å². The lowest BCUT2D eigenvalue weighted by Crippen LogP contribution is -2.20. The van der Waals surface area contributed by atoms with Crippen molar-refractivity contribution in [3.05, 3.63) is 54.2 Å². The van der Waals surface area contributed by atoms with Gasteiger partial charge in [-0.3, -0.25) is 0 Å². The van der Waals surface area contributed by atoms with Gasteiger partial charge in [0.15, 0.2) is 0 Å². The summed E-state index contributed by atoms with van der Waals surface area (Å²) in [7, 11) is 0. The van der Waals surface area contributed by atoms with Crippen molar-refractivity contribution in [2.75, 3.05) is 11.9 Å². The van der Waals surface area contributed by atoms with Crippen LogP contribution in [0.2, 0.25) is 0 Å². The molecule has 2 heterocycles. The molecule has 25 heavy (non-hydrogen) atoms. The van der Waals surface area contributed by atoms with Crippen molar-refractivity contribution < 1.29 is 13.2 Å². The van der Waals surface area contributed by atoms with Gasteiger partial charge in [-0.05, 0) is 18.4 Å². The molecule has 1 aromatic carbocycles. The first-order chi connectivity index (χ1) is 12.2. The van der Waals surface area contributed by atoms with E-state index in [9.17, 15) is 8.78 Å². The molecule has 0 aliphatic heterocycles. The van der Waals surface area contributed by atoms with Gasteiger partial charge in [0, 0.05) is 24.4 Å². The Bertz CT molecular complexity index is 847. The lowest BCUT2D eigenvalue weighted by molar-refractivity contribution is 0.116. The van der Waals surface area contributed by atoms with Crippen molar-refractivity contribution in [1.29, 1.82) is 0 Å². The molecule has 4 rings (SSSR count). The highest BCUT2D eigenvalue weighted by molar-refractivity contribution is 5.50. The molecule has 0 spiro atoms. The summed E-state index contributed by atoms with van der Waals surface area (Å²) < 4.78 is 29.8. The molecule has 0 saturated heterocycles. The van der Waals surface area contributed by atoms with Crippen LogP contribution >= 0.6 is 0 Å². The fourth-order valence-electron chi connectivity index (χ4n) is 2.73. The highest BCUT2D eigenvalue weighted by atomic mass is 19.3. The van der Waals surface area contributed by atoms with Crippen molar-refractivity contribution >= 4 is 5.95 Å². The number of hydrogen-bond donors (Lipinski definition) is 1. The molecule has 128 valence electrons. The topological polar surface area (TPSA) is 76.7 Å². The molecule has 1 aliphatic carbocycles. The quantitative estimate of drug-likeness (QED) is 0.737. The molecular formula is C17H15F2N5O. The van der Waals surface area contributed by atoms with Gasteiger partial charge >= 0.3 is 6.43 Å². The molecule has 2 aromatic heterocycles. The maximum atomic E-state index is 12.5. The Morgan fingerprint density at radius 2 is 1.80 bits per heavy atom. The van der Waals surface area contributed by atoms with Gasteiger partial charge in [-0.15, -0.1) is 10.2 Å². The van der Waals surface area contributed by atoms with Crippen molar-refractivity contribution in [1.82, 2.24) is 20.2 Å². The standard InChI is InChI=1S/C17H15F2N5O/c18-13(19)15-24-23-14(25-15)11-8-20-16(21-9-11)22-10-17(6-7-17)12-4-2-1-3-5-12/h1-5,8-9,13H,6-7,10H2,(H,20,21,22). The molecule has 3 aromatic rings. The molecule has 0 atom stereocenters. The van der Waals surface area contributed by atoms with Gasteiger partial charge in [-0.2, -0.15) is 8.78 Å².